The molecule has 0 aliphatic carbocycles. The van der Waals surface area contributed by atoms with E-state index in [2.05, 4.69) is 36.2 Å². The van der Waals surface area contributed by atoms with Gasteiger partial charge in [0.2, 0.25) is 0 Å². The van der Waals surface area contributed by atoms with E-state index in [9.17, 15) is 15.2 Å². The number of aromatic nitrogens is 2. The topological polar surface area (TPSA) is 116 Å². The van der Waals surface area contributed by atoms with Crippen molar-refractivity contribution < 1.29 is 14.5 Å². The lowest BCUT2D eigenvalue weighted by Crippen LogP contribution is -2.39. The Hall–Kier alpha value is -4.15. The third kappa shape index (κ3) is 6.96. The number of nitrogens with zero attached hydrogens (tertiary/aromatic N) is 5. The molecule has 0 unspecified atom stereocenters. The Balaban J connectivity index is 1.48. The molecule has 0 spiro atoms. The van der Waals surface area contributed by atoms with Gasteiger partial charge in [-0.25, -0.2) is 9.97 Å². The molecule has 188 valence electrons. The van der Waals surface area contributed by atoms with Crippen molar-refractivity contribution in [2.24, 2.45) is 4.99 Å². The fourth-order valence-corrected chi connectivity index (χ4v) is 4.27. The van der Waals surface area contributed by atoms with Gasteiger partial charge in [0.1, 0.15) is 18.7 Å². The van der Waals surface area contributed by atoms with Gasteiger partial charge in [-0.15, -0.1) is 0 Å². The number of benzene rings is 3. The standard InChI is InChI=1S/C27H25BrN6O3/c1-34(2,17-19-7-3-4-10-25(19)33(36)37)14-6-11-26(35)31-22-12-13-24-23(16-22)27(30-18-29-24)32-21-9-5-8-20(28)15-21/h3-13,15-16,18H,14,17H2,1-2H3,(H-,29,30,31,32,35)/b11-6+. The summed E-state index contributed by atoms with van der Waals surface area (Å²) >= 11 is 3.46. The van der Waals surface area contributed by atoms with Crippen LogP contribution in [0.4, 0.5) is 22.9 Å². The second-order valence-corrected chi connectivity index (χ2v) is 9.99. The van der Waals surface area contributed by atoms with Gasteiger partial charge < -0.3 is 14.9 Å². The number of nitrogens with one attached hydrogen (secondary N) is 1. The van der Waals surface area contributed by atoms with Crippen LogP contribution in [0.5, 0.6) is 0 Å². The molecule has 4 aromatic rings. The van der Waals surface area contributed by atoms with Crippen molar-refractivity contribution in [2.75, 3.05) is 26.0 Å². The Morgan fingerprint density at radius 1 is 1.11 bits per heavy atom. The SMILES string of the molecule is C[N+](C)(C/C=C/C([O-])=Nc1ccc2ncnc(Nc3cccc(Br)c3)c2c1)Cc1ccccc1[N+](=O)[O-]. The fraction of sp³-hybridized carbons (Fsp3) is 0.148. The molecular weight excluding hydrogens is 536 g/mol. The van der Waals surface area contributed by atoms with Crippen molar-refractivity contribution >= 4 is 55.6 Å². The number of likely N-dealkylation sites (N-methyl/N-ethyl adjacent to an activating group) is 1. The minimum absolute atomic E-state index is 0.0952. The average Bonchev–Trinajstić information content (AvgIpc) is 2.84. The van der Waals surface area contributed by atoms with E-state index in [-0.39, 0.29) is 10.6 Å². The molecule has 9 nitrogen and oxygen atoms in total. The van der Waals surface area contributed by atoms with Crippen LogP contribution in [-0.2, 0) is 6.54 Å². The molecule has 1 N–H and O–H groups in total. The summed E-state index contributed by atoms with van der Waals surface area (Å²) in [5, 5.41) is 27.9. The third-order valence-corrected chi connectivity index (χ3v) is 6.09. The number of hydrogen-bond acceptors (Lipinski definition) is 7. The summed E-state index contributed by atoms with van der Waals surface area (Å²) in [4.78, 5) is 23.8. The zero-order valence-corrected chi connectivity index (χ0v) is 21.9. The first-order valence-corrected chi connectivity index (χ1v) is 12.2. The molecule has 0 aliphatic rings. The molecule has 0 amide bonds. The predicted octanol–water partition coefficient (Wildman–Crippen LogP) is 5.27. The monoisotopic (exact) mass is 560 g/mol. The molecular formula is C27H25BrN6O3. The van der Waals surface area contributed by atoms with Gasteiger partial charge >= 0.3 is 0 Å². The molecule has 0 radical (unpaired) electrons. The van der Waals surface area contributed by atoms with Crippen molar-refractivity contribution in [1.29, 1.82) is 0 Å². The van der Waals surface area contributed by atoms with Gasteiger partial charge in [0.25, 0.3) is 5.69 Å². The predicted molar refractivity (Wildman–Crippen MR) is 147 cm³/mol. The van der Waals surface area contributed by atoms with Crippen LogP contribution in [0, 0.1) is 10.1 Å². The van der Waals surface area contributed by atoms with Crippen LogP contribution in [0.2, 0.25) is 0 Å². The molecule has 0 atom stereocenters. The number of hydrogen-bond donors (Lipinski definition) is 1. The van der Waals surface area contributed by atoms with E-state index in [0.717, 1.165) is 21.1 Å². The quantitative estimate of drug-likeness (QED) is 0.0979. The summed E-state index contributed by atoms with van der Waals surface area (Å²) in [6, 6.07) is 19.7. The second-order valence-electron chi connectivity index (χ2n) is 9.07. The van der Waals surface area contributed by atoms with Crippen molar-refractivity contribution in [2.45, 2.75) is 6.54 Å². The Kier molecular flexibility index (Phi) is 7.90. The first kappa shape index (κ1) is 25.9. The lowest BCUT2D eigenvalue weighted by atomic mass is 10.1. The fourth-order valence-electron chi connectivity index (χ4n) is 3.87. The minimum Gasteiger partial charge on any atom is -0.859 e. The average molecular weight is 561 g/mol. The van der Waals surface area contributed by atoms with Crippen molar-refractivity contribution in [3.05, 3.63) is 105 Å². The van der Waals surface area contributed by atoms with E-state index in [1.165, 1.54) is 18.5 Å². The number of quaternary nitrogens is 1. The van der Waals surface area contributed by atoms with Gasteiger partial charge in [-0.2, -0.15) is 0 Å². The first-order chi connectivity index (χ1) is 17.7. The summed E-state index contributed by atoms with van der Waals surface area (Å²) in [6.07, 6.45) is 4.65. The number of anilines is 2. The number of nitro benzene ring substituents is 1. The normalized spacial score (nSPS) is 12.2. The van der Waals surface area contributed by atoms with Gasteiger partial charge in [-0.1, -0.05) is 34.1 Å². The molecule has 3 aromatic carbocycles. The van der Waals surface area contributed by atoms with Gasteiger partial charge in [0.05, 0.1) is 42.3 Å². The number of nitro groups is 1. The second kappa shape index (κ2) is 11.3. The molecule has 0 bridgehead atoms. The highest BCUT2D eigenvalue weighted by Gasteiger charge is 2.21. The zero-order valence-electron chi connectivity index (χ0n) is 20.3. The van der Waals surface area contributed by atoms with Crippen LogP contribution in [-0.4, -0.2) is 45.9 Å². The van der Waals surface area contributed by atoms with Crippen molar-refractivity contribution in [3.8, 4) is 0 Å². The van der Waals surface area contributed by atoms with Crippen LogP contribution in [0.15, 0.2) is 94.7 Å². The first-order valence-electron chi connectivity index (χ1n) is 11.4. The van der Waals surface area contributed by atoms with Crippen LogP contribution in [0.3, 0.4) is 0 Å². The summed E-state index contributed by atoms with van der Waals surface area (Å²) in [5.74, 6) is 0.209. The number of halogens is 1. The van der Waals surface area contributed by atoms with E-state index in [1.54, 1.807) is 42.5 Å². The van der Waals surface area contributed by atoms with E-state index < -0.39 is 5.90 Å². The number of rotatable bonds is 9. The maximum absolute atomic E-state index is 12.5. The summed E-state index contributed by atoms with van der Waals surface area (Å²) < 4.78 is 1.37. The van der Waals surface area contributed by atoms with Crippen LogP contribution >= 0.6 is 15.9 Å². The highest BCUT2D eigenvalue weighted by molar-refractivity contribution is 9.10. The number of para-hydroxylation sites is 1. The van der Waals surface area contributed by atoms with E-state index >= 15 is 0 Å². The lowest BCUT2D eigenvalue weighted by Gasteiger charge is -2.28. The highest BCUT2D eigenvalue weighted by atomic mass is 79.9. The van der Waals surface area contributed by atoms with E-state index in [4.69, 9.17) is 0 Å². The van der Waals surface area contributed by atoms with Gasteiger partial charge in [0, 0.05) is 21.6 Å². The maximum Gasteiger partial charge on any atom is 0.278 e. The maximum atomic E-state index is 12.5. The van der Waals surface area contributed by atoms with Crippen LogP contribution < -0.4 is 10.4 Å². The van der Waals surface area contributed by atoms with E-state index in [1.807, 2.05) is 38.4 Å². The molecule has 0 saturated heterocycles. The molecule has 4 rings (SSSR count). The largest absolute Gasteiger partial charge is 0.859 e. The smallest absolute Gasteiger partial charge is 0.278 e. The molecule has 0 fully saturated rings. The molecule has 37 heavy (non-hydrogen) atoms. The number of aliphatic imine (C=N–C) groups is 1. The molecule has 0 saturated carbocycles. The third-order valence-electron chi connectivity index (χ3n) is 5.59. The minimum atomic E-state index is -0.400. The Morgan fingerprint density at radius 2 is 1.92 bits per heavy atom. The molecule has 0 aliphatic heterocycles. The van der Waals surface area contributed by atoms with Crippen molar-refractivity contribution in [3.63, 3.8) is 0 Å². The van der Waals surface area contributed by atoms with Gasteiger partial charge in [-0.3, -0.25) is 15.1 Å². The highest BCUT2D eigenvalue weighted by Crippen LogP contribution is 2.28. The van der Waals surface area contributed by atoms with Gasteiger partial charge in [-0.05, 0) is 60.5 Å². The summed E-state index contributed by atoms with van der Waals surface area (Å²) in [7, 11) is 3.90. The van der Waals surface area contributed by atoms with Crippen molar-refractivity contribution in [1.82, 2.24) is 9.97 Å². The lowest BCUT2D eigenvalue weighted by molar-refractivity contribution is -0.898. The molecule has 1 heterocycles. The Bertz CT molecular complexity index is 1500. The molecule has 1 aromatic heterocycles. The zero-order chi connectivity index (χ0) is 26.4. The Labute approximate surface area is 222 Å². The van der Waals surface area contributed by atoms with Crippen LogP contribution in [0.1, 0.15) is 5.56 Å². The molecule has 10 heteroatoms. The summed E-state index contributed by atoms with van der Waals surface area (Å²) in [5.41, 5.74) is 2.81. The summed E-state index contributed by atoms with van der Waals surface area (Å²) in [6.45, 7) is 0.949. The van der Waals surface area contributed by atoms with E-state index in [0.29, 0.717) is 34.6 Å². The Morgan fingerprint density at radius 3 is 2.70 bits per heavy atom. The van der Waals surface area contributed by atoms with Gasteiger partial charge in [0.15, 0.2) is 0 Å². The van der Waals surface area contributed by atoms with Crippen LogP contribution in [0.25, 0.3) is 10.9 Å². The number of fused-ring (bicyclic) bond motifs is 1.